The monoisotopic (exact) mass is 405 g/mol. The summed E-state index contributed by atoms with van der Waals surface area (Å²) in [5.74, 6) is -1.16. The quantitative estimate of drug-likeness (QED) is 0.678. The molecule has 10 heteroatoms. The highest BCUT2D eigenvalue weighted by Crippen LogP contribution is 2.48. The number of pyridine rings is 1. The second-order valence-corrected chi connectivity index (χ2v) is 7.81. The number of hydrogen-bond donors (Lipinski definition) is 2. The molecular formula is C18H17F2N5O2S. The molecule has 146 valence electrons. The van der Waals surface area contributed by atoms with E-state index in [2.05, 4.69) is 15.4 Å². The Morgan fingerprint density at radius 2 is 2.07 bits per heavy atom. The highest BCUT2D eigenvalue weighted by Gasteiger charge is 2.32. The van der Waals surface area contributed by atoms with Crippen molar-refractivity contribution in [3.05, 3.63) is 39.7 Å². The molecule has 0 radical (unpaired) electrons. The molecule has 7 nitrogen and oxygen atoms in total. The lowest BCUT2D eigenvalue weighted by atomic mass is 10.0. The van der Waals surface area contributed by atoms with Gasteiger partial charge in [0.05, 0.1) is 5.69 Å². The lowest BCUT2D eigenvalue weighted by molar-refractivity contribution is 0.100. The van der Waals surface area contributed by atoms with Crippen LogP contribution in [0.4, 0.5) is 14.5 Å². The van der Waals surface area contributed by atoms with Crippen molar-refractivity contribution in [1.82, 2.24) is 14.8 Å². The van der Waals surface area contributed by atoms with Crippen molar-refractivity contribution in [1.29, 1.82) is 0 Å². The maximum Gasteiger partial charge on any atom is 0.280 e. The average Bonchev–Trinajstić information content (AvgIpc) is 3.34. The number of alkyl halides is 2. The smallest absolute Gasteiger partial charge is 0.280 e. The summed E-state index contributed by atoms with van der Waals surface area (Å²) in [5.41, 5.74) is 6.99. The molecule has 1 saturated carbocycles. The number of carbonyl (C=O) groups is 2. The molecule has 28 heavy (non-hydrogen) atoms. The highest BCUT2D eigenvalue weighted by atomic mass is 32.1. The van der Waals surface area contributed by atoms with Crippen LogP contribution in [0.3, 0.4) is 0 Å². The zero-order valence-electron chi connectivity index (χ0n) is 15.1. The normalized spacial score (nSPS) is 14.0. The largest absolute Gasteiger partial charge is 0.365 e. The molecule has 1 aliphatic rings. The first-order chi connectivity index (χ1) is 13.3. The number of halogens is 2. The van der Waals surface area contributed by atoms with Crippen molar-refractivity contribution in [2.45, 2.75) is 32.1 Å². The summed E-state index contributed by atoms with van der Waals surface area (Å²) in [4.78, 5) is 29.0. The van der Waals surface area contributed by atoms with E-state index in [1.165, 1.54) is 6.07 Å². The number of carbonyl (C=O) groups excluding carboxylic acids is 2. The first-order valence-electron chi connectivity index (χ1n) is 8.63. The topological polar surface area (TPSA) is 103 Å². The fraction of sp³-hybridized carbons (Fsp3) is 0.333. The van der Waals surface area contributed by atoms with Crippen LogP contribution >= 0.6 is 11.3 Å². The van der Waals surface area contributed by atoms with Crippen LogP contribution in [0.15, 0.2) is 12.1 Å². The van der Waals surface area contributed by atoms with Gasteiger partial charge in [-0.1, -0.05) is 0 Å². The summed E-state index contributed by atoms with van der Waals surface area (Å²) in [5, 5.41) is 7.35. The minimum Gasteiger partial charge on any atom is -0.365 e. The van der Waals surface area contributed by atoms with Gasteiger partial charge < -0.3 is 11.1 Å². The van der Waals surface area contributed by atoms with Gasteiger partial charge in [-0.25, -0.2) is 13.8 Å². The molecule has 3 N–H and O–H groups in total. The van der Waals surface area contributed by atoms with Crippen molar-refractivity contribution in [3.8, 4) is 0 Å². The van der Waals surface area contributed by atoms with Gasteiger partial charge in [-0.05, 0) is 43.4 Å². The predicted molar refractivity (Wildman–Crippen MR) is 101 cm³/mol. The number of fused-ring (bicyclic) bond motifs is 1. The Bertz CT molecular complexity index is 1100. The highest BCUT2D eigenvalue weighted by molar-refractivity contribution is 7.21. The fourth-order valence-electron chi connectivity index (χ4n) is 3.12. The molecule has 4 rings (SSSR count). The molecule has 0 saturated heterocycles. The van der Waals surface area contributed by atoms with Crippen LogP contribution in [0.2, 0.25) is 0 Å². The Morgan fingerprint density at radius 1 is 1.36 bits per heavy atom. The third kappa shape index (κ3) is 3.13. The second kappa shape index (κ2) is 6.62. The number of aromatic nitrogens is 3. The minimum absolute atomic E-state index is 0.0804. The van der Waals surface area contributed by atoms with Gasteiger partial charge in [0, 0.05) is 18.1 Å². The predicted octanol–water partition coefficient (Wildman–Crippen LogP) is 3.50. The molecule has 2 amide bonds. The summed E-state index contributed by atoms with van der Waals surface area (Å²) in [6, 6.07) is 2.98. The molecular weight excluding hydrogens is 388 g/mol. The minimum atomic E-state index is -2.73. The van der Waals surface area contributed by atoms with E-state index >= 15 is 0 Å². The maximum atomic E-state index is 13.3. The molecule has 0 aromatic carbocycles. The van der Waals surface area contributed by atoms with Crippen LogP contribution in [0.25, 0.3) is 10.2 Å². The number of hydrogen-bond acceptors (Lipinski definition) is 5. The van der Waals surface area contributed by atoms with Gasteiger partial charge in [-0.2, -0.15) is 5.10 Å². The number of rotatable bonds is 5. The molecule has 1 aliphatic carbocycles. The molecule has 0 atom stereocenters. The van der Waals surface area contributed by atoms with Gasteiger partial charge in [-0.15, -0.1) is 11.3 Å². The van der Waals surface area contributed by atoms with Gasteiger partial charge in [-0.3, -0.25) is 14.3 Å². The Hall–Kier alpha value is -2.88. The number of amides is 2. The SMILES string of the molecule is Cc1cc(C(=O)Nc2c(C(N)=O)sc3nc(C(F)F)cc(C4CC4)c23)nn1C. The van der Waals surface area contributed by atoms with E-state index in [-0.39, 0.29) is 32.7 Å². The van der Waals surface area contributed by atoms with Gasteiger partial charge >= 0.3 is 0 Å². The number of nitrogens with zero attached hydrogens (tertiary/aromatic N) is 3. The lowest BCUT2D eigenvalue weighted by Gasteiger charge is -2.09. The van der Waals surface area contributed by atoms with Crippen molar-refractivity contribution < 1.29 is 18.4 Å². The molecule has 0 bridgehead atoms. The molecule has 1 fully saturated rings. The van der Waals surface area contributed by atoms with Gasteiger partial charge in [0.15, 0.2) is 5.69 Å². The molecule has 0 aliphatic heterocycles. The van der Waals surface area contributed by atoms with Crippen molar-refractivity contribution in [2.24, 2.45) is 12.8 Å². The van der Waals surface area contributed by atoms with E-state index in [1.807, 2.05) is 0 Å². The van der Waals surface area contributed by atoms with Crippen LogP contribution in [-0.2, 0) is 7.05 Å². The second-order valence-electron chi connectivity index (χ2n) is 6.81. The van der Waals surface area contributed by atoms with E-state index in [9.17, 15) is 18.4 Å². The third-order valence-corrected chi connectivity index (χ3v) is 5.86. The number of nitrogens with two attached hydrogens (primary N) is 1. The van der Waals surface area contributed by atoms with E-state index in [1.54, 1.807) is 24.7 Å². The fourth-order valence-corrected chi connectivity index (χ4v) is 4.14. The van der Waals surface area contributed by atoms with E-state index < -0.39 is 18.2 Å². The summed E-state index contributed by atoms with van der Waals surface area (Å²) in [6.45, 7) is 1.81. The first-order valence-corrected chi connectivity index (χ1v) is 9.45. The average molecular weight is 405 g/mol. The molecule has 3 aromatic rings. The van der Waals surface area contributed by atoms with E-state index in [0.717, 1.165) is 29.9 Å². The maximum absolute atomic E-state index is 13.3. The van der Waals surface area contributed by atoms with E-state index in [4.69, 9.17) is 5.73 Å². The van der Waals surface area contributed by atoms with Crippen LogP contribution in [0.1, 0.15) is 62.3 Å². The zero-order chi connectivity index (χ0) is 20.2. The standard InChI is InChI=1S/C18H17F2N5O2S/c1-7-5-11(24-25(7)2)17(27)23-13-12-9(8-3-4-8)6-10(15(19)20)22-18(12)28-14(13)16(21)26/h5-6,8,15H,3-4H2,1-2H3,(H2,21,26)(H,23,27). The van der Waals surface area contributed by atoms with E-state index in [0.29, 0.717) is 10.9 Å². The van der Waals surface area contributed by atoms with Crippen LogP contribution < -0.4 is 11.1 Å². The third-order valence-electron chi connectivity index (χ3n) is 4.76. The van der Waals surface area contributed by atoms with Crippen LogP contribution in [-0.4, -0.2) is 26.6 Å². The Morgan fingerprint density at radius 3 is 2.61 bits per heavy atom. The van der Waals surface area contributed by atoms with Crippen molar-refractivity contribution in [2.75, 3.05) is 5.32 Å². The summed E-state index contributed by atoms with van der Waals surface area (Å²) >= 11 is 0.909. The van der Waals surface area contributed by atoms with Crippen molar-refractivity contribution >= 4 is 39.1 Å². The number of nitrogens with one attached hydrogen (secondary N) is 1. The van der Waals surface area contributed by atoms with Crippen LogP contribution in [0, 0.1) is 6.92 Å². The number of primary amides is 1. The lowest BCUT2D eigenvalue weighted by Crippen LogP contribution is -2.17. The number of thiophene rings is 1. The summed E-state index contributed by atoms with van der Waals surface area (Å²) in [7, 11) is 1.71. The molecule has 3 aromatic heterocycles. The molecule has 0 spiro atoms. The molecule has 0 unspecified atom stereocenters. The van der Waals surface area contributed by atoms with Gasteiger partial charge in [0.25, 0.3) is 18.2 Å². The summed E-state index contributed by atoms with van der Waals surface area (Å²) in [6.07, 6.45) is -1.01. The van der Waals surface area contributed by atoms with Gasteiger partial charge in [0.1, 0.15) is 15.4 Å². The Kier molecular flexibility index (Phi) is 4.37. The number of anilines is 1. The Labute approximate surface area is 162 Å². The summed E-state index contributed by atoms with van der Waals surface area (Å²) < 4.78 is 28.1. The zero-order valence-corrected chi connectivity index (χ0v) is 15.9. The van der Waals surface area contributed by atoms with Gasteiger partial charge in [0.2, 0.25) is 0 Å². The first kappa shape index (κ1) is 18.5. The number of aryl methyl sites for hydroxylation is 2. The Balaban J connectivity index is 1.87. The van der Waals surface area contributed by atoms with Crippen molar-refractivity contribution in [3.63, 3.8) is 0 Å². The van der Waals surface area contributed by atoms with Crippen LogP contribution in [0.5, 0.6) is 0 Å². The molecule has 3 heterocycles.